The van der Waals surface area contributed by atoms with E-state index in [0.29, 0.717) is 0 Å². The molecule has 1 N–H and O–H groups in total. The fraction of sp³-hybridized carbons (Fsp3) is 0.455. The zero-order valence-corrected chi connectivity index (χ0v) is 11.0. The van der Waals surface area contributed by atoms with Crippen LogP contribution in [0.3, 0.4) is 0 Å². The Kier molecular flexibility index (Phi) is 4.77. The number of hydrogen-bond donors (Lipinski definition) is 1. The molecule has 0 aromatic heterocycles. The molecule has 1 rings (SSSR count). The lowest BCUT2D eigenvalue weighted by Gasteiger charge is -2.14. The van der Waals surface area contributed by atoms with Crippen molar-refractivity contribution >= 4 is 21.6 Å². The van der Waals surface area contributed by atoms with Gasteiger partial charge in [-0.3, -0.25) is 0 Å². The second kappa shape index (κ2) is 5.66. The van der Waals surface area contributed by atoms with Gasteiger partial charge in [0, 0.05) is 11.9 Å². The second-order valence-electron chi connectivity index (χ2n) is 3.76. The maximum absolute atomic E-state index is 11.5. The van der Waals surface area contributed by atoms with Gasteiger partial charge in [0.1, 0.15) is 0 Å². The molecule has 0 saturated heterocycles. The third-order valence-corrected chi connectivity index (χ3v) is 4.11. The summed E-state index contributed by atoms with van der Waals surface area (Å²) < 4.78 is 25.6. The Bertz CT molecular complexity index is 445. The first-order valence-electron chi connectivity index (χ1n) is 5.07. The summed E-state index contributed by atoms with van der Waals surface area (Å²) in [6.07, 6.45) is 0. The van der Waals surface area contributed by atoms with E-state index in [4.69, 9.17) is 11.6 Å². The highest BCUT2D eigenvalue weighted by molar-refractivity contribution is 7.89. The zero-order valence-electron chi connectivity index (χ0n) is 9.40. The molecule has 0 heterocycles. The Morgan fingerprint density at radius 1 is 1.44 bits per heavy atom. The number of aryl methyl sites for hydroxylation is 1. The van der Waals surface area contributed by atoms with Crippen LogP contribution in [0.5, 0.6) is 0 Å². The zero-order chi connectivity index (χ0) is 12.2. The van der Waals surface area contributed by atoms with Crippen LogP contribution in [0.15, 0.2) is 24.3 Å². The van der Waals surface area contributed by atoms with Gasteiger partial charge >= 0.3 is 0 Å². The Labute approximate surface area is 102 Å². The Balaban J connectivity index is 2.76. The number of benzene rings is 1. The molecule has 0 bridgehead atoms. The summed E-state index contributed by atoms with van der Waals surface area (Å²) in [5.74, 6) is 0.0561. The molecule has 0 radical (unpaired) electrons. The van der Waals surface area contributed by atoms with Crippen LogP contribution < -0.4 is 4.72 Å². The molecule has 5 heteroatoms. The van der Waals surface area contributed by atoms with Crippen LogP contribution in [0.4, 0.5) is 0 Å². The summed E-state index contributed by atoms with van der Waals surface area (Å²) in [5.41, 5.74) is 2.07. The number of nitrogens with one attached hydrogen (secondary N) is 1. The van der Waals surface area contributed by atoms with E-state index in [9.17, 15) is 8.42 Å². The first-order chi connectivity index (χ1) is 7.44. The number of sulfonamides is 1. The lowest BCUT2D eigenvalue weighted by atomic mass is 10.1. The van der Waals surface area contributed by atoms with Crippen LogP contribution in [0, 0.1) is 6.92 Å². The van der Waals surface area contributed by atoms with Crippen LogP contribution >= 0.6 is 11.6 Å². The minimum atomic E-state index is -3.27. The van der Waals surface area contributed by atoms with Gasteiger partial charge in [0.25, 0.3) is 0 Å². The van der Waals surface area contributed by atoms with Gasteiger partial charge in [-0.2, -0.15) is 0 Å². The molecule has 0 unspecified atom stereocenters. The van der Waals surface area contributed by atoms with Crippen molar-refractivity contribution in [3.8, 4) is 0 Å². The van der Waals surface area contributed by atoms with E-state index in [2.05, 4.69) is 4.72 Å². The fourth-order valence-electron chi connectivity index (χ4n) is 1.44. The molecule has 0 aliphatic carbocycles. The van der Waals surface area contributed by atoms with E-state index in [1.54, 1.807) is 0 Å². The molecule has 0 aliphatic rings. The Hall–Kier alpha value is -0.580. The Morgan fingerprint density at radius 3 is 2.69 bits per heavy atom. The molecule has 3 nitrogen and oxygen atoms in total. The summed E-state index contributed by atoms with van der Waals surface area (Å²) in [6, 6.07) is 7.53. The molecule has 1 atom stereocenters. The molecular weight excluding hydrogens is 246 g/mol. The largest absolute Gasteiger partial charge is 0.213 e. The highest BCUT2D eigenvalue weighted by Crippen LogP contribution is 2.14. The smallest absolute Gasteiger partial charge is 0.212 e. The maximum Gasteiger partial charge on any atom is 0.213 e. The Morgan fingerprint density at radius 2 is 2.12 bits per heavy atom. The molecule has 1 aromatic carbocycles. The minimum absolute atomic E-state index is 0.0509. The van der Waals surface area contributed by atoms with Gasteiger partial charge in [-0.1, -0.05) is 29.8 Å². The number of rotatable bonds is 5. The first kappa shape index (κ1) is 13.5. The van der Waals surface area contributed by atoms with Crippen molar-refractivity contribution in [3.63, 3.8) is 0 Å². The number of hydrogen-bond acceptors (Lipinski definition) is 2. The van der Waals surface area contributed by atoms with E-state index in [0.717, 1.165) is 11.1 Å². The normalized spacial score (nSPS) is 13.7. The van der Waals surface area contributed by atoms with Gasteiger partial charge in [-0.05, 0) is 19.4 Å². The SMILES string of the molecule is Cc1cccc([C@@H](C)NS(=O)(=O)CCCl)c1. The van der Waals surface area contributed by atoms with Crippen molar-refractivity contribution in [3.05, 3.63) is 35.4 Å². The van der Waals surface area contributed by atoms with Gasteiger partial charge in [0.05, 0.1) is 5.75 Å². The van der Waals surface area contributed by atoms with Crippen LogP contribution in [0.1, 0.15) is 24.1 Å². The molecule has 0 amide bonds. The molecule has 16 heavy (non-hydrogen) atoms. The third-order valence-electron chi connectivity index (χ3n) is 2.24. The highest BCUT2D eigenvalue weighted by atomic mass is 35.5. The monoisotopic (exact) mass is 261 g/mol. The van der Waals surface area contributed by atoms with E-state index < -0.39 is 10.0 Å². The molecular formula is C11H16ClNO2S. The van der Waals surface area contributed by atoms with Gasteiger partial charge < -0.3 is 0 Å². The average Bonchev–Trinajstić information content (AvgIpc) is 2.16. The van der Waals surface area contributed by atoms with Crippen molar-refractivity contribution in [2.75, 3.05) is 11.6 Å². The van der Waals surface area contributed by atoms with Crippen LogP contribution in [0.2, 0.25) is 0 Å². The molecule has 90 valence electrons. The molecule has 0 aliphatic heterocycles. The summed E-state index contributed by atoms with van der Waals surface area (Å²) in [5, 5.41) is 0. The van der Waals surface area contributed by atoms with E-state index >= 15 is 0 Å². The van der Waals surface area contributed by atoms with Crippen LogP contribution in [0.25, 0.3) is 0 Å². The predicted molar refractivity (Wildman–Crippen MR) is 67.2 cm³/mol. The second-order valence-corrected chi connectivity index (χ2v) is 6.01. The summed E-state index contributed by atoms with van der Waals surface area (Å²) in [7, 11) is -3.27. The first-order valence-corrected chi connectivity index (χ1v) is 7.26. The molecule has 1 aromatic rings. The van der Waals surface area contributed by atoms with Gasteiger partial charge in [0.15, 0.2) is 0 Å². The van der Waals surface area contributed by atoms with Gasteiger partial charge in [-0.25, -0.2) is 13.1 Å². The van der Waals surface area contributed by atoms with Crippen molar-refractivity contribution in [2.24, 2.45) is 0 Å². The third kappa shape index (κ3) is 4.12. The predicted octanol–water partition coefficient (Wildman–Crippen LogP) is 2.21. The van der Waals surface area contributed by atoms with E-state index in [-0.39, 0.29) is 17.7 Å². The van der Waals surface area contributed by atoms with Crippen molar-refractivity contribution in [1.29, 1.82) is 0 Å². The average molecular weight is 262 g/mol. The van der Waals surface area contributed by atoms with Crippen molar-refractivity contribution in [2.45, 2.75) is 19.9 Å². The lowest BCUT2D eigenvalue weighted by molar-refractivity contribution is 0.568. The number of halogens is 1. The quantitative estimate of drug-likeness (QED) is 0.826. The fourth-order valence-corrected chi connectivity index (χ4v) is 3.04. The van der Waals surface area contributed by atoms with Crippen molar-refractivity contribution < 1.29 is 8.42 Å². The summed E-state index contributed by atoms with van der Waals surface area (Å²) in [6.45, 7) is 3.80. The maximum atomic E-state index is 11.5. The highest BCUT2D eigenvalue weighted by Gasteiger charge is 2.14. The van der Waals surface area contributed by atoms with E-state index in [1.807, 2.05) is 38.1 Å². The molecule has 0 spiro atoms. The van der Waals surface area contributed by atoms with Gasteiger partial charge in [-0.15, -0.1) is 11.6 Å². The van der Waals surface area contributed by atoms with Crippen molar-refractivity contribution in [1.82, 2.24) is 4.72 Å². The number of alkyl halides is 1. The van der Waals surface area contributed by atoms with E-state index in [1.165, 1.54) is 0 Å². The van der Waals surface area contributed by atoms with Gasteiger partial charge in [0.2, 0.25) is 10.0 Å². The summed E-state index contributed by atoms with van der Waals surface area (Å²) >= 11 is 5.42. The topological polar surface area (TPSA) is 46.2 Å². The minimum Gasteiger partial charge on any atom is -0.212 e. The van der Waals surface area contributed by atoms with Crippen LogP contribution in [-0.4, -0.2) is 20.1 Å². The standard InChI is InChI=1S/C11H16ClNO2S/c1-9-4-3-5-11(8-9)10(2)13-16(14,15)7-6-12/h3-5,8,10,13H,6-7H2,1-2H3/t10-/m1/s1. The van der Waals surface area contributed by atoms with Crippen LogP contribution in [-0.2, 0) is 10.0 Å². The molecule has 0 saturated carbocycles. The molecule has 0 fully saturated rings. The lowest BCUT2D eigenvalue weighted by Crippen LogP contribution is -2.29. The summed E-state index contributed by atoms with van der Waals surface area (Å²) in [4.78, 5) is 0.